The van der Waals surface area contributed by atoms with Crippen molar-refractivity contribution in [2.75, 3.05) is 12.4 Å². The Morgan fingerprint density at radius 3 is 2.78 bits per heavy atom. The molecular formula is C14H21N3O. The van der Waals surface area contributed by atoms with Crippen LogP contribution >= 0.6 is 0 Å². The highest BCUT2D eigenvalue weighted by atomic mass is 16.5. The molecule has 98 valence electrons. The van der Waals surface area contributed by atoms with Gasteiger partial charge in [0.1, 0.15) is 5.75 Å². The Bertz CT molecular complexity index is 414. The lowest BCUT2D eigenvalue weighted by atomic mass is 10.2. The molecule has 2 rings (SSSR count). The first-order chi connectivity index (χ1) is 8.72. The third-order valence-electron chi connectivity index (χ3n) is 3.21. The number of anilines is 1. The van der Waals surface area contributed by atoms with Crippen LogP contribution in [0.2, 0.25) is 0 Å². The van der Waals surface area contributed by atoms with Crippen molar-refractivity contribution in [3.63, 3.8) is 0 Å². The van der Waals surface area contributed by atoms with Gasteiger partial charge in [0.05, 0.1) is 13.2 Å². The third kappa shape index (κ3) is 3.39. The van der Waals surface area contributed by atoms with Crippen LogP contribution in [0.25, 0.3) is 0 Å². The lowest BCUT2D eigenvalue weighted by Crippen LogP contribution is -2.23. The van der Waals surface area contributed by atoms with Crippen molar-refractivity contribution in [1.82, 2.24) is 0 Å². The van der Waals surface area contributed by atoms with Gasteiger partial charge in [0.15, 0.2) is 5.96 Å². The molecule has 2 atom stereocenters. The molecule has 4 nitrogen and oxygen atoms in total. The average molecular weight is 247 g/mol. The van der Waals surface area contributed by atoms with Crippen molar-refractivity contribution in [3.8, 4) is 5.75 Å². The number of methoxy groups -OCH3 is 1. The first-order valence-corrected chi connectivity index (χ1v) is 6.47. The second-order valence-corrected chi connectivity index (χ2v) is 4.72. The maximum Gasteiger partial charge on any atom is 0.193 e. The Morgan fingerprint density at radius 2 is 2.17 bits per heavy atom. The van der Waals surface area contributed by atoms with Crippen molar-refractivity contribution < 1.29 is 4.74 Å². The zero-order valence-corrected chi connectivity index (χ0v) is 11.0. The van der Waals surface area contributed by atoms with Gasteiger partial charge in [0.25, 0.3) is 0 Å². The van der Waals surface area contributed by atoms with Gasteiger partial charge in [-0.25, -0.2) is 4.99 Å². The summed E-state index contributed by atoms with van der Waals surface area (Å²) in [7, 11) is 1.65. The minimum atomic E-state index is 0.427. The fourth-order valence-electron chi connectivity index (χ4n) is 2.10. The Labute approximate surface area is 108 Å². The van der Waals surface area contributed by atoms with Crippen LogP contribution in [0.1, 0.15) is 26.2 Å². The fourth-order valence-corrected chi connectivity index (χ4v) is 2.10. The molecule has 0 unspecified atom stereocenters. The monoisotopic (exact) mass is 247 g/mol. The number of aliphatic imine (C=N–C) groups is 1. The molecule has 0 heterocycles. The number of nitrogens with two attached hydrogens (primary N) is 1. The molecule has 1 aliphatic rings. The minimum Gasteiger partial charge on any atom is -0.497 e. The first-order valence-electron chi connectivity index (χ1n) is 6.47. The van der Waals surface area contributed by atoms with Crippen LogP contribution in [0, 0.1) is 5.92 Å². The van der Waals surface area contributed by atoms with Crippen LogP contribution in [0.3, 0.4) is 0 Å². The summed E-state index contributed by atoms with van der Waals surface area (Å²) in [4.78, 5) is 4.48. The van der Waals surface area contributed by atoms with E-state index in [1.807, 2.05) is 24.3 Å². The van der Waals surface area contributed by atoms with E-state index in [0.717, 1.165) is 17.4 Å². The predicted octanol–water partition coefficient (Wildman–Crippen LogP) is 2.61. The van der Waals surface area contributed by atoms with Crippen LogP contribution in [0.4, 0.5) is 5.69 Å². The largest absolute Gasteiger partial charge is 0.497 e. The molecule has 1 aromatic carbocycles. The standard InChI is InChI=1S/C14H21N3O/c1-3-4-10-9-13(10)17-14(15)16-11-5-7-12(18-2)8-6-11/h5-8,10,13H,3-4,9H2,1-2H3,(H3,15,16,17)/t10-,13-/m1/s1. The maximum absolute atomic E-state index is 5.88. The normalized spacial score (nSPS) is 22.7. The lowest BCUT2D eigenvalue weighted by molar-refractivity contribution is 0.415. The zero-order valence-electron chi connectivity index (χ0n) is 11.0. The van der Waals surface area contributed by atoms with E-state index in [4.69, 9.17) is 10.5 Å². The van der Waals surface area contributed by atoms with Gasteiger partial charge < -0.3 is 15.8 Å². The van der Waals surface area contributed by atoms with Gasteiger partial charge in [-0.05, 0) is 43.0 Å². The average Bonchev–Trinajstić information content (AvgIpc) is 3.08. The number of hydrogen-bond donors (Lipinski definition) is 2. The van der Waals surface area contributed by atoms with Gasteiger partial charge in [-0.2, -0.15) is 0 Å². The number of nitrogens with one attached hydrogen (secondary N) is 1. The van der Waals surface area contributed by atoms with Crippen molar-refractivity contribution in [2.45, 2.75) is 32.2 Å². The molecular weight excluding hydrogens is 226 g/mol. The summed E-state index contributed by atoms with van der Waals surface area (Å²) in [6.07, 6.45) is 3.66. The molecule has 4 heteroatoms. The zero-order chi connectivity index (χ0) is 13.0. The number of benzene rings is 1. The van der Waals surface area contributed by atoms with Crippen LogP contribution in [0.15, 0.2) is 29.3 Å². The highest BCUT2D eigenvalue weighted by Gasteiger charge is 2.35. The molecule has 0 aromatic heterocycles. The summed E-state index contributed by atoms with van der Waals surface area (Å²) >= 11 is 0. The molecule has 0 amide bonds. The molecule has 0 bridgehead atoms. The van der Waals surface area contributed by atoms with E-state index >= 15 is 0 Å². The van der Waals surface area contributed by atoms with Crippen LogP contribution in [-0.2, 0) is 0 Å². The molecule has 3 N–H and O–H groups in total. The summed E-state index contributed by atoms with van der Waals surface area (Å²) < 4.78 is 5.10. The van der Waals surface area contributed by atoms with Gasteiger partial charge >= 0.3 is 0 Å². The molecule has 1 saturated carbocycles. The molecule has 0 aliphatic heterocycles. The number of guanidine groups is 1. The van der Waals surface area contributed by atoms with Crippen molar-refractivity contribution >= 4 is 11.6 Å². The number of ether oxygens (including phenoxy) is 1. The summed E-state index contributed by atoms with van der Waals surface area (Å²) in [6, 6.07) is 8.07. The van der Waals surface area contributed by atoms with Gasteiger partial charge in [-0.15, -0.1) is 0 Å². The maximum atomic E-state index is 5.88. The van der Waals surface area contributed by atoms with Crippen LogP contribution in [0.5, 0.6) is 5.75 Å². The third-order valence-corrected chi connectivity index (χ3v) is 3.21. The van der Waals surface area contributed by atoms with Gasteiger partial charge in [-0.1, -0.05) is 13.3 Å². The second kappa shape index (κ2) is 5.76. The molecule has 18 heavy (non-hydrogen) atoms. The Balaban J connectivity index is 1.86. The first kappa shape index (κ1) is 12.7. The van der Waals surface area contributed by atoms with Crippen molar-refractivity contribution in [1.29, 1.82) is 0 Å². The Kier molecular flexibility index (Phi) is 4.07. The van der Waals surface area contributed by atoms with E-state index in [0.29, 0.717) is 12.0 Å². The van der Waals surface area contributed by atoms with Gasteiger partial charge in [0.2, 0.25) is 0 Å². The van der Waals surface area contributed by atoms with Crippen molar-refractivity contribution in [2.24, 2.45) is 16.6 Å². The summed E-state index contributed by atoms with van der Waals surface area (Å²) in [5, 5.41) is 3.10. The molecule has 0 radical (unpaired) electrons. The highest BCUT2D eigenvalue weighted by molar-refractivity contribution is 5.92. The summed E-state index contributed by atoms with van der Waals surface area (Å²) in [5.74, 6) is 2.08. The molecule has 1 aliphatic carbocycles. The number of rotatable bonds is 5. The minimum absolute atomic E-state index is 0.427. The predicted molar refractivity (Wildman–Crippen MR) is 75.0 cm³/mol. The summed E-state index contributed by atoms with van der Waals surface area (Å²) in [5.41, 5.74) is 6.82. The van der Waals surface area contributed by atoms with Crippen LogP contribution < -0.4 is 15.8 Å². The number of hydrogen-bond acceptors (Lipinski definition) is 2. The quantitative estimate of drug-likeness (QED) is 0.621. The fraction of sp³-hybridized carbons (Fsp3) is 0.500. The van der Waals surface area contributed by atoms with E-state index in [9.17, 15) is 0 Å². The SMILES string of the molecule is CCC[C@@H]1C[C@H]1N=C(N)Nc1ccc(OC)cc1. The van der Waals surface area contributed by atoms with E-state index in [-0.39, 0.29) is 0 Å². The smallest absolute Gasteiger partial charge is 0.193 e. The topological polar surface area (TPSA) is 59.6 Å². The lowest BCUT2D eigenvalue weighted by Gasteiger charge is -2.06. The van der Waals surface area contributed by atoms with E-state index in [1.165, 1.54) is 19.3 Å². The Morgan fingerprint density at radius 1 is 1.44 bits per heavy atom. The molecule has 1 fully saturated rings. The van der Waals surface area contributed by atoms with Gasteiger partial charge in [-0.3, -0.25) is 0 Å². The van der Waals surface area contributed by atoms with E-state index < -0.39 is 0 Å². The summed E-state index contributed by atoms with van der Waals surface area (Å²) in [6.45, 7) is 2.21. The highest BCUT2D eigenvalue weighted by Crippen LogP contribution is 2.37. The Hall–Kier alpha value is -1.71. The second-order valence-electron chi connectivity index (χ2n) is 4.72. The van der Waals surface area contributed by atoms with E-state index in [1.54, 1.807) is 7.11 Å². The van der Waals surface area contributed by atoms with E-state index in [2.05, 4.69) is 17.2 Å². The van der Waals surface area contributed by atoms with Gasteiger partial charge in [0, 0.05) is 5.69 Å². The number of nitrogens with zero attached hydrogens (tertiary/aromatic N) is 1. The van der Waals surface area contributed by atoms with Crippen molar-refractivity contribution in [3.05, 3.63) is 24.3 Å². The van der Waals surface area contributed by atoms with Crippen LogP contribution in [-0.4, -0.2) is 19.1 Å². The molecule has 1 aromatic rings. The molecule has 0 spiro atoms. The molecule has 0 saturated heterocycles.